The molecule has 0 aromatic heterocycles. The average molecular weight is 635 g/mol. The van der Waals surface area contributed by atoms with E-state index in [4.69, 9.17) is 47.4 Å². The molecule has 2 heterocycles. The Morgan fingerprint density at radius 1 is 0.455 bits per heavy atom. The Hall–Kier alpha value is -3.83. The molecule has 0 bridgehead atoms. The van der Waals surface area contributed by atoms with Gasteiger partial charge in [0, 0.05) is 48.5 Å². The summed E-state index contributed by atoms with van der Waals surface area (Å²) in [6.07, 6.45) is -13.9. The SMILES string of the molecule is CC(=O)OC[C@H]1OC(O[C@H]2[C@H](OC(C)=O)[C@@H](OC(C)=O)C(C)O[C@@H]2COC(C)=O)[C@H](OC(C)=O)[C@@H](OC(C)=O)[C@H]1OC(C)=O. The van der Waals surface area contributed by atoms with E-state index in [1.54, 1.807) is 0 Å². The number of ether oxygens (including phenoxy) is 10. The molecule has 2 aliphatic rings. The third-order valence-corrected chi connectivity index (χ3v) is 6.16. The van der Waals surface area contributed by atoms with Crippen LogP contribution in [-0.2, 0) is 80.9 Å². The van der Waals surface area contributed by atoms with Gasteiger partial charge in [-0.15, -0.1) is 0 Å². The van der Waals surface area contributed by atoms with Gasteiger partial charge in [0.2, 0.25) is 0 Å². The first-order valence-corrected chi connectivity index (χ1v) is 13.6. The van der Waals surface area contributed by atoms with Crippen molar-refractivity contribution in [3.05, 3.63) is 0 Å². The molecule has 2 aliphatic heterocycles. The zero-order valence-corrected chi connectivity index (χ0v) is 25.6. The summed E-state index contributed by atoms with van der Waals surface area (Å²) < 4.78 is 55.4. The van der Waals surface area contributed by atoms with Gasteiger partial charge in [0.1, 0.15) is 31.5 Å². The summed E-state index contributed by atoms with van der Waals surface area (Å²) in [5.74, 6) is -5.54. The van der Waals surface area contributed by atoms with Gasteiger partial charge in [-0.25, -0.2) is 0 Å². The molecule has 0 N–H and O–H groups in total. The Bertz CT molecular complexity index is 1090. The Morgan fingerprint density at radius 3 is 1.25 bits per heavy atom. The van der Waals surface area contributed by atoms with E-state index in [-0.39, 0.29) is 0 Å². The van der Waals surface area contributed by atoms with Gasteiger partial charge in [-0.2, -0.15) is 0 Å². The Morgan fingerprint density at radius 2 is 0.818 bits per heavy atom. The number of hydrogen-bond acceptors (Lipinski definition) is 17. The van der Waals surface area contributed by atoms with Crippen LogP contribution in [0.15, 0.2) is 0 Å². The minimum Gasteiger partial charge on any atom is -0.463 e. The highest BCUT2D eigenvalue weighted by Gasteiger charge is 2.56. The Kier molecular flexibility index (Phi) is 13.5. The number of hydrogen-bond donors (Lipinski definition) is 0. The fourth-order valence-electron chi connectivity index (χ4n) is 4.73. The largest absolute Gasteiger partial charge is 0.463 e. The van der Waals surface area contributed by atoms with Crippen LogP contribution >= 0.6 is 0 Å². The summed E-state index contributed by atoms with van der Waals surface area (Å²) in [6.45, 7) is 8.20. The Labute approximate surface area is 252 Å². The van der Waals surface area contributed by atoms with Crippen LogP contribution in [-0.4, -0.2) is 116 Å². The number of carbonyl (C=O) groups is 7. The molecule has 0 radical (unpaired) electrons. The molecular weight excluding hydrogens is 596 g/mol. The van der Waals surface area contributed by atoms with Crippen molar-refractivity contribution in [2.75, 3.05) is 13.2 Å². The van der Waals surface area contributed by atoms with E-state index in [1.165, 1.54) is 6.92 Å². The monoisotopic (exact) mass is 634 g/mol. The molecule has 17 nitrogen and oxygen atoms in total. The maximum absolute atomic E-state index is 12.2. The van der Waals surface area contributed by atoms with Gasteiger partial charge in [-0.3, -0.25) is 33.6 Å². The second kappa shape index (κ2) is 16.3. The molecule has 2 unspecified atom stereocenters. The lowest BCUT2D eigenvalue weighted by Crippen LogP contribution is -2.66. The van der Waals surface area contributed by atoms with Gasteiger partial charge in [0.25, 0.3) is 0 Å². The lowest BCUT2D eigenvalue weighted by atomic mass is 9.94. The van der Waals surface area contributed by atoms with Crippen LogP contribution in [0, 0.1) is 0 Å². The lowest BCUT2D eigenvalue weighted by molar-refractivity contribution is -0.344. The summed E-state index contributed by atoms with van der Waals surface area (Å²) in [7, 11) is 0. The van der Waals surface area contributed by atoms with Crippen LogP contribution in [0.2, 0.25) is 0 Å². The molecule has 0 aromatic rings. The molecule has 10 atom stereocenters. The second-order valence-corrected chi connectivity index (χ2v) is 10.00. The van der Waals surface area contributed by atoms with E-state index in [1.807, 2.05) is 0 Å². The van der Waals surface area contributed by atoms with Crippen molar-refractivity contribution in [3.63, 3.8) is 0 Å². The molecule has 44 heavy (non-hydrogen) atoms. The average Bonchev–Trinajstić information content (AvgIpc) is 2.87. The van der Waals surface area contributed by atoms with Crippen molar-refractivity contribution >= 4 is 41.8 Å². The first-order valence-electron chi connectivity index (χ1n) is 13.6. The first-order chi connectivity index (χ1) is 20.5. The maximum atomic E-state index is 12.2. The summed E-state index contributed by atoms with van der Waals surface area (Å²) >= 11 is 0. The zero-order chi connectivity index (χ0) is 33.3. The van der Waals surface area contributed by atoms with Crippen LogP contribution in [0.3, 0.4) is 0 Å². The zero-order valence-electron chi connectivity index (χ0n) is 25.6. The van der Waals surface area contributed by atoms with Crippen molar-refractivity contribution in [1.29, 1.82) is 0 Å². The smallest absolute Gasteiger partial charge is 0.303 e. The number of carbonyl (C=O) groups excluding carboxylic acids is 7. The van der Waals surface area contributed by atoms with E-state index < -0.39 is 116 Å². The molecule has 248 valence electrons. The quantitative estimate of drug-likeness (QED) is 0.210. The van der Waals surface area contributed by atoms with E-state index in [0.29, 0.717) is 0 Å². The highest BCUT2D eigenvalue weighted by Crippen LogP contribution is 2.35. The Balaban J connectivity index is 2.66. The topological polar surface area (TPSA) is 212 Å². The molecule has 2 fully saturated rings. The van der Waals surface area contributed by atoms with Gasteiger partial charge in [-0.1, -0.05) is 0 Å². The van der Waals surface area contributed by atoms with Gasteiger partial charge in [-0.05, 0) is 6.92 Å². The summed E-state index contributed by atoms with van der Waals surface area (Å²) in [5, 5.41) is 0. The van der Waals surface area contributed by atoms with E-state index in [2.05, 4.69) is 0 Å². The van der Waals surface area contributed by atoms with E-state index in [9.17, 15) is 33.6 Å². The highest BCUT2D eigenvalue weighted by atomic mass is 16.8. The predicted molar refractivity (Wildman–Crippen MR) is 139 cm³/mol. The second-order valence-electron chi connectivity index (χ2n) is 10.00. The van der Waals surface area contributed by atoms with Crippen LogP contribution in [0.4, 0.5) is 0 Å². The molecule has 2 rings (SSSR count). The molecule has 0 spiro atoms. The van der Waals surface area contributed by atoms with Gasteiger partial charge in [0.05, 0.1) is 6.10 Å². The van der Waals surface area contributed by atoms with Crippen LogP contribution in [0.5, 0.6) is 0 Å². The molecule has 0 saturated carbocycles. The predicted octanol–water partition coefficient (Wildman–Crippen LogP) is -0.331. The van der Waals surface area contributed by atoms with Crippen molar-refractivity contribution in [3.8, 4) is 0 Å². The first kappa shape index (κ1) is 36.4. The summed E-state index contributed by atoms with van der Waals surface area (Å²) in [5.41, 5.74) is 0. The van der Waals surface area contributed by atoms with Crippen LogP contribution < -0.4 is 0 Å². The van der Waals surface area contributed by atoms with Crippen LogP contribution in [0.1, 0.15) is 55.4 Å². The molecule has 0 aromatic carbocycles. The molecule has 17 heteroatoms. The van der Waals surface area contributed by atoms with Crippen LogP contribution in [0.25, 0.3) is 0 Å². The normalized spacial score (nSPS) is 31.5. The van der Waals surface area contributed by atoms with Crippen molar-refractivity contribution in [2.45, 2.75) is 117 Å². The van der Waals surface area contributed by atoms with Gasteiger partial charge < -0.3 is 47.4 Å². The van der Waals surface area contributed by atoms with Gasteiger partial charge >= 0.3 is 41.8 Å². The molecule has 2 saturated heterocycles. The fourth-order valence-corrected chi connectivity index (χ4v) is 4.73. The van der Waals surface area contributed by atoms with E-state index >= 15 is 0 Å². The molecule has 0 aliphatic carbocycles. The van der Waals surface area contributed by atoms with Crippen molar-refractivity contribution in [2.24, 2.45) is 0 Å². The number of rotatable bonds is 11. The molecule has 0 amide bonds. The summed E-state index contributed by atoms with van der Waals surface area (Å²) in [4.78, 5) is 83.8. The van der Waals surface area contributed by atoms with Crippen molar-refractivity contribution < 1.29 is 80.9 Å². The third kappa shape index (κ3) is 10.7. The number of esters is 7. The van der Waals surface area contributed by atoms with E-state index in [0.717, 1.165) is 48.5 Å². The third-order valence-electron chi connectivity index (χ3n) is 6.16. The fraction of sp³-hybridized carbons (Fsp3) is 0.741. The highest BCUT2D eigenvalue weighted by molar-refractivity contribution is 5.69. The van der Waals surface area contributed by atoms with Crippen molar-refractivity contribution in [1.82, 2.24) is 0 Å². The lowest BCUT2D eigenvalue weighted by Gasteiger charge is -2.48. The maximum Gasteiger partial charge on any atom is 0.303 e. The molecular formula is C27H38O17. The minimum absolute atomic E-state index is 0.430. The standard InChI is InChI=1S/C27H38O17/c1-11-21(38-14(4)30)24(40-16(6)32)23(19(37-11)9-35-12(2)28)44-27-26(42-18(8)34)25(41-17(7)33)22(39-15(5)31)20(43-27)10-36-13(3)29/h11,19-27H,9-10H2,1-8H3/t11?,19-,20-,21+,22+,23-,24-,25+,26-,27?/m1/s1. The minimum atomic E-state index is -1.71. The summed E-state index contributed by atoms with van der Waals surface area (Å²) in [6, 6.07) is 0. The van der Waals surface area contributed by atoms with Gasteiger partial charge in [0.15, 0.2) is 36.8 Å².